The molecule has 0 aliphatic carbocycles. The van der Waals surface area contributed by atoms with Gasteiger partial charge in [0.1, 0.15) is 31.3 Å². The topological polar surface area (TPSA) is 412 Å². The quantitative estimate of drug-likeness (QED) is 0.0257. The molecule has 4 unspecified atom stereocenters. The number of amides is 5. The molecule has 5 amide bonds. The third kappa shape index (κ3) is 47.1. The Kier molecular flexibility index (Phi) is 43.1. The van der Waals surface area contributed by atoms with Crippen LogP contribution in [0.1, 0.15) is 149 Å². The minimum Gasteiger partial charge on any atom is -0.507 e. The van der Waals surface area contributed by atoms with Crippen LogP contribution in [0.2, 0.25) is 0 Å². The second kappa shape index (κ2) is 45.2. The fourth-order valence-corrected chi connectivity index (χ4v) is 7.04. The Morgan fingerprint density at radius 1 is 0.733 bits per heavy atom. The molecule has 0 aromatic heterocycles. The van der Waals surface area contributed by atoms with E-state index in [2.05, 4.69) is 57.4 Å². The molecule has 1 saturated heterocycles. The summed E-state index contributed by atoms with van der Waals surface area (Å²) in [6.07, 6.45) is 0.585. The van der Waals surface area contributed by atoms with Crippen molar-refractivity contribution in [3.05, 3.63) is 29.3 Å². The van der Waals surface area contributed by atoms with Crippen molar-refractivity contribution in [3.63, 3.8) is 0 Å². The zero-order chi connectivity index (χ0) is 65.9. The first-order chi connectivity index (χ1) is 40.1. The van der Waals surface area contributed by atoms with Crippen molar-refractivity contribution in [2.75, 3.05) is 93.3 Å². The number of aromatic hydroxyl groups is 1. The molecule has 0 bridgehead atoms. The van der Waals surface area contributed by atoms with E-state index < -0.39 is 82.8 Å². The second-order valence-electron chi connectivity index (χ2n) is 23.1. The number of ether oxygens (including phenoxy) is 7. The Morgan fingerprint density at radius 2 is 1.30 bits per heavy atom. The average Bonchev–Trinajstić information content (AvgIpc) is 3.43. The Labute approximate surface area is 506 Å². The predicted molar refractivity (Wildman–Crippen MR) is 315 cm³/mol. The summed E-state index contributed by atoms with van der Waals surface area (Å²) in [6.45, 7) is 22.9. The number of phenolic OH excluding ortho intramolecular Hbond substituents is 1. The molecule has 1 fully saturated rings. The number of nitrogens with one attached hydrogen (secondary N) is 6. The molecule has 1 heterocycles. The van der Waals surface area contributed by atoms with Crippen molar-refractivity contribution < 1.29 is 107 Å². The van der Waals surface area contributed by atoms with Gasteiger partial charge < -0.3 is 100 Å². The predicted octanol–water partition coefficient (Wildman–Crippen LogP) is 2.83. The summed E-state index contributed by atoms with van der Waals surface area (Å²) in [6, 6.07) is 2.28. The van der Waals surface area contributed by atoms with E-state index in [1.54, 1.807) is 21.1 Å². The molecular formula is C58H102N6O22. The molecule has 1 aromatic carbocycles. The number of aliphatic carboxylic acids is 2. The van der Waals surface area contributed by atoms with Gasteiger partial charge in [0.05, 0.1) is 75.2 Å². The molecular weight excluding hydrogens is 1130 g/mol. The summed E-state index contributed by atoms with van der Waals surface area (Å²) in [7, 11) is 3.26. The number of rotatable bonds is 38. The monoisotopic (exact) mass is 1230 g/mol. The minimum absolute atomic E-state index is 0.0307. The highest BCUT2D eigenvalue weighted by Crippen LogP contribution is 2.23. The van der Waals surface area contributed by atoms with Crippen LogP contribution in [0, 0.1) is 5.41 Å². The largest absolute Gasteiger partial charge is 0.507 e. The number of methoxy groups -OCH3 is 1. The Bertz CT molecular complexity index is 2150. The molecule has 2 rings (SSSR count). The Balaban J connectivity index is 0. The highest BCUT2D eigenvalue weighted by molar-refractivity contribution is 5.97. The Hall–Kier alpha value is -6.11. The zero-order valence-electron chi connectivity index (χ0n) is 52.6. The summed E-state index contributed by atoms with van der Waals surface area (Å²) in [4.78, 5) is 104. The average molecular weight is 1240 g/mol. The molecule has 4 atom stereocenters. The van der Waals surface area contributed by atoms with Crippen LogP contribution >= 0.6 is 0 Å². The van der Waals surface area contributed by atoms with Crippen LogP contribution < -0.4 is 31.9 Å². The lowest BCUT2D eigenvalue weighted by atomic mass is 9.93. The van der Waals surface area contributed by atoms with E-state index in [4.69, 9.17) is 54.0 Å². The number of likely N-dealkylation sites (N-methyl/N-ethyl adjacent to an activating group) is 1. The van der Waals surface area contributed by atoms with Gasteiger partial charge in [-0.15, -0.1) is 0 Å². The van der Waals surface area contributed by atoms with Crippen molar-refractivity contribution >= 4 is 53.9 Å². The van der Waals surface area contributed by atoms with Gasteiger partial charge >= 0.3 is 18.1 Å². The van der Waals surface area contributed by atoms with Crippen LogP contribution in [-0.4, -0.2) is 219 Å². The van der Waals surface area contributed by atoms with Crippen molar-refractivity contribution in [1.29, 1.82) is 0 Å². The second-order valence-corrected chi connectivity index (χ2v) is 23.1. The first-order valence-electron chi connectivity index (χ1n) is 28.6. The number of hydrogen-bond donors (Lipinski definition) is 12. The van der Waals surface area contributed by atoms with Crippen LogP contribution in [0.15, 0.2) is 18.2 Å². The third-order valence-electron chi connectivity index (χ3n) is 12.1. The number of carbonyl (C=O) groups excluding carboxylic acids is 6. The van der Waals surface area contributed by atoms with Crippen LogP contribution in [0.5, 0.6) is 5.75 Å². The fraction of sp³-hybridized carbons (Fsp3) is 0.741. The lowest BCUT2D eigenvalue weighted by Gasteiger charge is -2.30. The van der Waals surface area contributed by atoms with Gasteiger partial charge in [-0.05, 0) is 104 Å². The smallest absolute Gasteiger partial charge is 0.506 e. The molecule has 1 aliphatic rings. The van der Waals surface area contributed by atoms with Gasteiger partial charge in [-0.3, -0.25) is 33.6 Å². The van der Waals surface area contributed by atoms with Gasteiger partial charge in [0, 0.05) is 77.1 Å². The highest BCUT2D eigenvalue weighted by Gasteiger charge is 2.28. The van der Waals surface area contributed by atoms with Crippen molar-refractivity contribution in [3.8, 4) is 5.75 Å². The number of aliphatic hydroxyl groups excluding tert-OH is 2. The molecule has 28 nitrogen and oxygen atoms in total. The molecule has 0 saturated carbocycles. The van der Waals surface area contributed by atoms with Crippen LogP contribution in [0.4, 0.5) is 4.79 Å². The number of phenols is 1. The number of carbonyl (C=O) groups is 9. The fourth-order valence-electron chi connectivity index (χ4n) is 7.04. The van der Waals surface area contributed by atoms with E-state index in [-0.39, 0.29) is 94.3 Å². The third-order valence-corrected chi connectivity index (χ3v) is 12.1. The molecule has 86 heavy (non-hydrogen) atoms. The number of carboxylic acids is 2. The van der Waals surface area contributed by atoms with Crippen molar-refractivity contribution in [1.82, 2.24) is 31.9 Å². The lowest BCUT2D eigenvalue weighted by molar-refractivity contribution is -0.138. The molecule has 0 radical (unpaired) electrons. The van der Waals surface area contributed by atoms with Gasteiger partial charge in [0.2, 0.25) is 23.6 Å². The maximum absolute atomic E-state index is 12.8. The van der Waals surface area contributed by atoms with E-state index in [0.717, 1.165) is 6.42 Å². The van der Waals surface area contributed by atoms with E-state index >= 15 is 0 Å². The molecule has 1 aliphatic heterocycles. The highest BCUT2D eigenvalue weighted by atomic mass is 16.7. The summed E-state index contributed by atoms with van der Waals surface area (Å²) < 4.78 is 36.5. The maximum atomic E-state index is 12.8. The van der Waals surface area contributed by atoms with Gasteiger partial charge in [0.15, 0.2) is 0 Å². The summed E-state index contributed by atoms with van der Waals surface area (Å²) >= 11 is 0. The summed E-state index contributed by atoms with van der Waals surface area (Å²) in [5.74, 6) is -4.29. The first kappa shape index (κ1) is 82.0. The number of aliphatic hydroxyl groups is 2. The number of benzene rings is 1. The lowest BCUT2D eigenvalue weighted by Crippen LogP contribution is -2.49. The molecule has 496 valence electrons. The number of hydrogen-bond acceptors (Lipinski definition) is 20. The number of aldehydes is 1. The van der Waals surface area contributed by atoms with E-state index in [9.17, 15) is 48.3 Å². The standard InChI is InChI=1S/C28H51N3O10.C22H35N3O7.C5H10O3.C3H6O2/c1-27(2,3)11-14-41-28(4,5)10-12-29-26(37)22(7-8-25(35)36)31-23(33)19-21(9-13-32)30-24(34)20-40-18-17-39-16-15-38-6;1-21(2,9-11-32-22(3,4)8-10-24-18(27)13-23-5)25-19(28)16-12-15(6-7-17(16)26)14-31-20(29)30;6-4-1-5(7)3-8-2-4;1-2-3(4)5/h13,21-22H,7-12,14-20H2,1-6H3,(H,29,37)(H,30,34)(H,31,33)(H,35,36);6-7,12,23,26H,8-11,13-14H2,1-5H3,(H,24,27)(H,25,28)(H,29,30);4-7H,1-3H2;2H2,1H3,(H,4,5). The van der Waals surface area contributed by atoms with E-state index in [1.807, 2.05) is 41.5 Å². The summed E-state index contributed by atoms with van der Waals surface area (Å²) in [5.41, 5.74) is -0.957. The first-order valence-corrected chi connectivity index (χ1v) is 28.6. The Morgan fingerprint density at radius 3 is 1.81 bits per heavy atom. The molecule has 12 N–H and O–H groups in total. The number of carboxylic acid groups (broad SMARTS) is 3. The van der Waals surface area contributed by atoms with Gasteiger partial charge in [-0.2, -0.15) is 0 Å². The maximum Gasteiger partial charge on any atom is 0.506 e. The van der Waals surface area contributed by atoms with E-state index in [0.29, 0.717) is 83.7 Å². The SMILES string of the molecule is CCC(=O)O.CNCC(=O)NCCC(C)(C)OCCC(C)(C)NC(=O)c1cc(COC(=O)O)ccc1O.COCCOCCOCC(=O)NC(CC=O)CC(=O)NC(CCC(=O)O)C(=O)NCCC(C)(C)OCCC(C)(C)C.OC1COCC(O)C1. The summed E-state index contributed by atoms with van der Waals surface area (Å²) in [5, 5.41) is 69.4. The van der Waals surface area contributed by atoms with Gasteiger partial charge in [-0.1, -0.05) is 33.8 Å². The van der Waals surface area contributed by atoms with E-state index in [1.165, 1.54) is 18.2 Å². The van der Waals surface area contributed by atoms with Crippen molar-refractivity contribution in [2.45, 2.75) is 181 Å². The normalized spacial score (nSPS) is 14.8. The van der Waals surface area contributed by atoms with Crippen molar-refractivity contribution in [2.24, 2.45) is 5.41 Å². The molecule has 0 spiro atoms. The van der Waals surface area contributed by atoms with Crippen LogP contribution in [0.3, 0.4) is 0 Å². The van der Waals surface area contributed by atoms with Gasteiger partial charge in [-0.25, -0.2) is 4.79 Å². The molecule has 28 heteroatoms. The van der Waals surface area contributed by atoms with Crippen LogP contribution in [0.25, 0.3) is 0 Å². The van der Waals surface area contributed by atoms with Gasteiger partial charge in [0.25, 0.3) is 5.91 Å². The minimum atomic E-state index is -1.42. The zero-order valence-corrected chi connectivity index (χ0v) is 52.6. The molecule has 1 aromatic rings. The van der Waals surface area contributed by atoms with Crippen LogP contribution in [-0.2, 0) is 73.3 Å².